The number of hydrogen-bond acceptors (Lipinski definition) is 5. The van der Waals surface area contributed by atoms with Crippen LogP contribution in [0.5, 0.6) is 5.88 Å². The summed E-state index contributed by atoms with van der Waals surface area (Å²) in [4.78, 5) is 15.4. The molecular weight excluding hydrogens is 487 g/mol. The Morgan fingerprint density at radius 1 is 0.970 bits per heavy atom. The molecule has 0 saturated carbocycles. The number of amides is 1. The predicted molar refractivity (Wildman–Crippen MR) is 127 cm³/mol. The van der Waals surface area contributed by atoms with Crippen molar-refractivity contribution < 1.29 is 18.3 Å². The van der Waals surface area contributed by atoms with Crippen molar-refractivity contribution in [2.24, 2.45) is 10.2 Å². The van der Waals surface area contributed by atoms with E-state index in [0.29, 0.717) is 10.9 Å². The van der Waals surface area contributed by atoms with Crippen molar-refractivity contribution in [3.63, 3.8) is 0 Å². The molecule has 0 aliphatic carbocycles. The van der Waals surface area contributed by atoms with Crippen LogP contribution in [0, 0.1) is 0 Å². The maximum absolute atomic E-state index is 13.3. The van der Waals surface area contributed by atoms with Crippen molar-refractivity contribution in [2.45, 2.75) is 4.90 Å². The Morgan fingerprint density at radius 2 is 1.67 bits per heavy atom. The Hall–Kier alpha value is -3.40. The van der Waals surface area contributed by atoms with Gasteiger partial charge in [-0.3, -0.25) is 9.10 Å². The average Bonchev–Trinajstić information content (AvgIpc) is 3.13. The summed E-state index contributed by atoms with van der Waals surface area (Å²) in [6.07, 6.45) is 0. The Balaban J connectivity index is 1.69. The second kappa shape index (κ2) is 9.22. The van der Waals surface area contributed by atoms with E-state index in [9.17, 15) is 18.3 Å². The molecule has 4 aromatic rings. The van der Waals surface area contributed by atoms with Crippen LogP contribution >= 0.6 is 23.2 Å². The Labute approximate surface area is 199 Å². The standard InChI is InChI=1S/C22H16Cl2N4O4S/c23-17-11-10-14(12-18(17)24)28(33(31,32)15-6-2-1-3-7-15)13-20(29)26-27-21-16-8-4-5-9-19(16)25-22(21)30/h1-12,25,30H,13H2. The number of para-hydroxylation sites is 1. The molecule has 33 heavy (non-hydrogen) atoms. The molecule has 0 atom stereocenters. The number of aromatic nitrogens is 1. The zero-order valence-electron chi connectivity index (χ0n) is 16.8. The number of halogens is 2. The van der Waals surface area contributed by atoms with Crippen LogP contribution in [0.4, 0.5) is 11.4 Å². The highest BCUT2D eigenvalue weighted by atomic mass is 35.5. The molecule has 1 amide bonds. The summed E-state index contributed by atoms with van der Waals surface area (Å²) in [6, 6.07) is 18.8. The second-order valence-corrected chi connectivity index (χ2v) is 9.56. The molecule has 0 fully saturated rings. The van der Waals surface area contributed by atoms with Gasteiger partial charge in [-0.05, 0) is 36.4 Å². The highest BCUT2D eigenvalue weighted by Crippen LogP contribution is 2.35. The molecule has 4 rings (SSSR count). The predicted octanol–water partition coefficient (Wildman–Crippen LogP) is 5.69. The van der Waals surface area contributed by atoms with Crippen molar-refractivity contribution in [3.8, 4) is 5.88 Å². The number of benzene rings is 3. The molecule has 0 radical (unpaired) electrons. The van der Waals surface area contributed by atoms with Gasteiger partial charge in [-0.25, -0.2) is 8.42 Å². The van der Waals surface area contributed by atoms with E-state index in [1.165, 1.54) is 30.3 Å². The zero-order chi connectivity index (χ0) is 23.6. The summed E-state index contributed by atoms with van der Waals surface area (Å²) in [5.74, 6) is -1.11. The highest BCUT2D eigenvalue weighted by molar-refractivity contribution is 7.92. The lowest BCUT2D eigenvalue weighted by molar-refractivity contribution is -0.116. The van der Waals surface area contributed by atoms with Gasteiger partial charge in [-0.15, -0.1) is 10.2 Å². The van der Waals surface area contributed by atoms with Crippen LogP contribution in [0.1, 0.15) is 0 Å². The maximum Gasteiger partial charge on any atom is 0.285 e. The van der Waals surface area contributed by atoms with Gasteiger partial charge in [0.2, 0.25) is 5.88 Å². The molecule has 168 valence electrons. The van der Waals surface area contributed by atoms with Crippen molar-refractivity contribution in [1.29, 1.82) is 0 Å². The fourth-order valence-corrected chi connectivity index (χ4v) is 4.87. The molecule has 0 spiro atoms. The fraction of sp³-hybridized carbons (Fsp3) is 0.0455. The summed E-state index contributed by atoms with van der Waals surface area (Å²) in [6.45, 7) is -0.651. The molecular formula is C22H16Cl2N4O4S. The molecule has 1 heterocycles. The topological polar surface area (TPSA) is 115 Å². The SMILES string of the molecule is O=C(CN(c1ccc(Cl)c(Cl)c1)S(=O)(=O)c1ccccc1)N=Nc1c(O)[nH]c2ccccc12. The van der Waals surface area contributed by atoms with Crippen LogP contribution in [-0.4, -0.2) is 31.0 Å². The lowest BCUT2D eigenvalue weighted by atomic mass is 10.2. The zero-order valence-corrected chi connectivity index (χ0v) is 19.1. The first-order chi connectivity index (χ1) is 15.8. The number of azo groups is 1. The first-order valence-corrected chi connectivity index (χ1v) is 11.7. The largest absolute Gasteiger partial charge is 0.493 e. The Bertz CT molecular complexity index is 1470. The van der Waals surface area contributed by atoms with E-state index in [4.69, 9.17) is 23.2 Å². The number of hydrogen-bond donors (Lipinski definition) is 2. The number of fused-ring (bicyclic) bond motifs is 1. The number of sulfonamides is 1. The van der Waals surface area contributed by atoms with Gasteiger partial charge in [0.1, 0.15) is 6.54 Å². The van der Waals surface area contributed by atoms with Crippen LogP contribution < -0.4 is 4.31 Å². The van der Waals surface area contributed by atoms with Crippen molar-refractivity contribution in [2.75, 3.05) is 10.8 Å². The van der Waals surface area contributed by atoms with Gasteiger partial charge in [0.25, 0.3) is 15.9 Å². The molecule has 8 nitrogen and oxygen atoms in total. The molecule has 0 aliphatic heterocycles. The van der Waals surface area contributed by atoms with Gasteiger partial charge >= 0.3 is 0 Å². The van der Waals surface area contributed by atoms with Gasteiger partial charge in [0.05, 0.1) is 26.1 Å². The van der Waals surface area contributed by atoms with Crippen LogP contribution in [0.3, 0.4) is 0 Å². The van der Waals surface area contributed by atoms with Gasteiger partial charge in [-0.1, -0.05) is 59.6 Å². The third-order valence-corrected chi connectivity index (χ3v) is 7.25. The molecule has 3 aromatic carbocycles. The van der Waals surface area contributed by atoms with E-state index in [0.717, 1.165) is 4.31 Å². The summed E-state index contributed by atoms with van der Waals surface area (Å²) < 4.78 is 27.5. The molecule has 2 N–H and O–H groups in total. The van der Waals surface area contributed by atoms with Gasteiger partial charge < -0.3 is 10.1 Å². The first kappa shape index (κ1) is 22.8. The summed E-state index contributed by atoms with van der Waals surface area (Å²) in [7, 11) is -4.14. The molecule has 0 saturated heterocycles. The number of nitrogens with one attached hydrogen (secondary N) is 1. The molecule has 1 aromatic heterocycles. The molecule has 11 heteroatoms. The quantitative estimate of drug-likeness (QED) is 0.329. The minimum atomic E-state index is -4.14. The summed E-state index contributed by atoms with van der Waals surface area (Å²) in [5.41, 5.74) is 0.818. The van der Waals surface area contributed by atoms with Crippen molar-refractivity contribution in [1.82, 2.24) is 4.98 Å². The van der Waals surface area contributed by atoms with Crippen molar-refractivity contribution in [3.05, 3.63) is 82.8 Å². The third-order valence-electron chi connectivity index (χ3n) is 4.72. The number of carbonyl (C=O) groups excluding carboxylic acids is 1. The summed E-state index contributed by atoms with van der Waals surface area (Å²) in [5, 5.41) is 18.5. The van der Waals surface area contributed by atoms with Gasteiger partial charge in [0, 0.05) is 5.39 Å². The minimum Gasteiger partial charge on any atom is -0.493 e. The van der Waals surface area contributed by atoms with Crippen LogP contribution in [0.25, 0.3) is 10.9 Å². The van der Waals surface area contributed by atoms with Crippen molar-refractivity contribution >= 4 is 61.4 Å². The first-order valence-electron chi connectivity index (χ1n) is 9.54. The van der Waals surface area contributed by atoms with E-state index in [-0.39, 0.29) is 32.2 Å². The number of carbonyl (C=O) groups is 1. The monoisotopic (exact) mass is 502 g/mol. The average molecular weight is 503 g/mol. The fourth-order valence-electron chi connectivity index (χ4n) is 3.15. The van der Waals surface area contributed by atoms with E-state index in [1.807, 2.05) is 0 Å². The van der Waals surface area contributed by atoms with Crippen LogP contribution in [0.15, 0.2) is 87.9 Å². The Kier molecular flexibility index (Phi) is 6.37. The number of anilines is 1. The third kappa shape index (κ3) is 4.70. The lowest BCUT2D eigenvalue weighted by Crippen LogP contribution is -2.35. The van der Waals surface area contributed by atoms with E-state index in [1.54, 1.807) is 42.5 Å². The minimum absolute atomic E-state index is 0.0184. The second-order valence-electron chi connectivity index (χ2n) is 6.88. The maximum atomic E-state index is 13.3. The van der Waals surface area contributed by atoms with Crippen LogP contribution in [0.2, 0.25) is 10.0 Å². The number of H-pyrrole nitrogens is 1. The van der Waals surface area contributed by atoms with Crippen LogP contribution in [-0.2, 0) is 14.8 Å². The van der Waals surface area contributed by atoms with E-state index in [2.05, 4.69) is 15.2 Å². The highest BCUT2D eigenvalue weighted by Gasteiger charge is 2.27. The van der Waals surface area contributed by atoms with E-state index < -0.39 is 22.5 Å². The van der Waals surface area contributed by atoms with E-state index >= 15 is 0 Å². The number of rotatable bonds is 6. The molecule has 0 aliphatic rings. The van der Waals surface area contributed by atoms with Gasteiger partial charge in [0.15, 0.2) is 5.69 Å². The normalized spacial score (nSPS) is 11.8. The number of aromatic amines is 1. The smallest absolute Gasteiger partial charge is 0.285 e. The Morgan fingerprint density at radius 3 is 2.39 bits per heavy atom. The summed E-state index contributed by atoms with van der Waals surface area (Å²) >= 11 is 12.0. The lowest BCUT2D eigenvalue weighted by Gasteiger charge is -2.23. The number of nitrogens with zero attached hydrogens (tertiary/aromatic N) is 3. The molecule has 0 unspecified atom stereocenters. The van der Waals surface area contributed by atoms with Gasteiger partial charge in [-0.2, -0.15) is 0 Å². The molecule has 0 bridgehead atoms. The number of aromatic hydroxyl groups is 1.